The van der Waals surface area contributed by atoms with Crippen LogP contribution in [0.25, 0.3) is 0 Å². The molecule has 0 fully saturated rings. The van der Waals surface area contributed by atoms with E-state index in [-0.39, 0.29) is 18.6 Å². The summed E-state index contributed by atoms with van der Waals surface area (Å²) in [6, 6.07) is 6.19. The molecule has 0 bridgehead atoms. The van der Waals surface area contributed by atoms with Crippen molar-refractivity contribution in [3.8, 4) is 0 Å². The summed E-state index contributed by atoms with van der Waals surface area (Å²) < 4.78 is 44.1. The zero-order chi connectivity index (χ0) is 22.1. The molecule has 30 heavy (non-hydrogen) atoms. The van der Waals surface area contributed by atoms with Crippen molar-refractivity contribution >= 4 is 11.9 Å². The van der Waals surface area contributed by atoms with Crippen LogP contribution in [0.15, 0.2) is 35.1 Å². The number of ether oxygens (including phenoxy) is 1. The molecule has 0 radical (unpaired) electrons. The average Bonchev–Trinajstić information content (AvgIpc) is 3.33. The van der Waals surface area contributed by atoms with Gasteiger partial charge in [0, 0.05) is 32.9 Å². The normalized spacial score (nSPS) is 16.3. The molecule has 1 unspecified atom stereocenters. The fourth-order valence-corrected chi connectivity index (χ4v) is 2.98. The maximum atomic E-state index is 11.5. The lowest BCUT2D eigenvalue weighted by Crippen LogP contribution is -2.39. The van der Waals surface area contributed by atoms with Crippen LogP contribution in [0.5, 0.6) is 0 Å². The zero-order valence-corrected chi connectivity index (χ0v) is 16.3. The first-order valence-electron chi connectivity index (χ1n) is 9.03. The number of carboxylic acids is 1. The highest BCUT2D eigenvalue weighted by Gasteiger charge is 2.38. The molecule has 9 nitrogen and oxygen atoms in total. The van der Waals surface area contributed by atoms with Crippen molar-refractivity contribution in [1.82, 2.24) is 20.0 Å². The van der Waals surface area contributed by atoms with Gasteiger partial charge in [-0.25, -0.2) is 4.79 Å². The number of fused-ring (bicyclic) bond motifs is 1. The maximum Gasteiger partial charge on any atom is 0.490 e. The van der Waals surface area contributed by atoms with Gasteiger partial charge in [0.1, 0.15) is 12.4 Å². The van der Waals surface area contributed by atoms with E-state index < -0.39 is 12.1 Å². The molecule has 0 saturated carbocycles. The van der Waals surface area contributed by atoms with E-state index in [9.17, 15) is 18.0 Å². The highest BCUT2D eigenvalue weighted by molar-refractivity contribution is 5.77. The molecule has 0 aliphatic carbocycles. The Hall–Kier alpha value is -2.86. The van der Waals surface area contributed by atoms with Gasteiger partial charge in [0.15, 0.2) is 0 Å². The summed E-state index contributed by atoms with van der Waals surface area (Å²) in [6.07, 6.45) is -0.715. The standard InChI is InChI=1S/C16H22N4O3.C2HF3O2/c1-22-12-16(21)17-6-4-13-9-19(11-15-3-2-8-23-15)10-14-5-7-18-20(13)14;3-2(4,5)1(6)7/h2-3,5,7-8,13H,4,6,9-12H2,1H3,(H,17,21);(H,6,7). The van der Waals surface area contributed by atoms with E-state index in [0.717, 1.165) is 31.8 Å². The quantitative estimate of drug-likeness (QED) is 0.687. The van der Waals surface area contributed by atoms with Crippen LogP contribution >= 0.6 is 0 Å². The molecule has 3 rings (SSSR count). The minimum absolute atomic E-state index is 0.0866. The van der Waals surface area contributed by atoms with Crippen molar-refractivity contribution in [1.29, 1.82) is 0 Å². The Labute approximate surface area is 170 Å². The molecule has 166 valence electrons. The molecule has 12 heteroatoms. The Morgan fingerprint density at radius 1 is 1.40 bits per heavy atom. The number of nitrogens with zero attached hydrogens (tertiary/aromatic N) is 3. The number of furan rings is 1. The lowest BCUT2D eigenvalue weighted by atomic mass is 10.1. The van der Waals surface area contributed by atoms with Gasteiger partial charge in [-0.05, 0) is 24.6 Å². The Balaban J connectivity index is 0.000000396. The number of rotatable bonds is 7. The highest BCUT2D eigenvalue weighted by atomic mass is 19.4. The maximum absolute atomic E-state index is 11.5. The second-order valence-electron chi connectivity index (χ2n) is 6.54. The number of aromatic nitrogens is 2. The number of halogens is 3. The molecule has 1 aliphatic heterocycles. The monoisotopic (exact) mass is 432 g/mol. The van der Waals surface area contributed by atoms with Gasteiger partial charge in [0.05, 0.1) is 24.5 Å². The molecule has 2 aromatic rings. The van der Waals surface area contributed by atoms with Crippen LogP contribution in [0.3, 0.4) is 0 Å². The van der Waals surface area contributed by atoms with Gasteiger partial charge < -0.3 is 19.6 Å². The minimum atomic E-state index is -5.08. The zero-order valence-electron chi connectivity index (χ0n) is 16.3. The summed E-state index contributed by atoms with van der Waals surface area (Å²) in [5, 5.41) is 14.4. The van der Waals surface area contributed by atoms with E-state index in [1.54, 1.807) is 6.26 Å². The van der Waals surface area contributed by atoms with Gasteiger partial charge in [0.25, 0.3) is 0 Å². The van der Waals surface area contributed by atoms with Gasteiger partial charge in [-0.15, -0.1) is 0 Å². The van der Waals surface area contributed by atoms with Crippen molar-refractivity contribution in [3.63, 3.8) is 0 Å². The number of carboxylic acid groups (broad SMARTS) is 1. The lowest BCUT2D eigenvalue weighted by Gasteiger charge is -2.33. The number of hydrogen-bond acceptors (Lipinski definition) is 6. The van der Waals surface area contributed by atoms with Crippen LogP contribution < -0.4 is 5.32 Å². The number of carbonyl (C=O) groups excluding carboxylic acids is 1. The van der Waals surface area contributed by atoms with Gasteiger partial charge in [-0.1, -0.05) is 0 Å². The van der Waals surface area contributed by atoms with E-state index in [0.29, 0.717) is 6.54 Å². The van der Waals surface area contributed by atoms with Crippen molar-refractivity contribution in [3.05, 3.63) is 42.1 Å². The van der Waals surface area contributed by atoms with Crippen molar-refractivity contribution < 1.29 is 37.0 Å². The highest BCUT2D eigenvalue weighted by Crippen LogP contribution is 2.24. The third-order valence-corrected chi connectivity index (χ3v) is 4.23. The number of hydrogen-bond donors (Lipinski definition) is 2. The summed E-state index contributed by atoms with van der Waals surface area (Å²) in [4.78, 5) is 22.7. The Bertz CT molecular complexity index is 807. The summed E-state index contributed by atoms with van der Waals surface area (Å²) in [7, 11) is 1.52. The van der Waals surface area contributed by atoms with Gasteiger partial charge in [0.2, 0.25) is 5.91 Å². The number of amides is 1. The van der Waals surface area contributed by atoms with Gasteiger partial charge >= 0.3 is 12.1 Å². The second kappa shape index (κ2) is 10.8. The summed E-state index contributed by atoms with van der Waals surface area (Å²) in [5.74, 6) is -1.88. The van der Waals surface area contributed by atoms with E-state index in [1.807, 2.05) is 24.4 Å². The molecule has 0 aromatic carbocycles. The fourth-order valence-electron chi connectivity index (χ4n) is 2.98. The Morgan fingerprint density at radius 2 is 2.13 bits per heavy atom. The largest absolute Gasteiger partial charge is 0.490 e. The number of carbonyl (C=O) groups is 2. The van der Waals surface area contributed by atoms with Crippen LogP contribution in [0.2, 0.25) is 0 Å². The minimum Gasteiger partial charge on any atom is -0.475 e. The predicted molar refractivity (Wildman–Crippen MR) is 97.3 cm³/mol. The molecule has 2 N–H and O–H groups in total. The molecular weight excluding hydrogens is 409 g/mol. The van der Waals surface area contributed by atoms with Gasteiger partial charge in [-0.2, -0.15) is 18.3 Å². The number of nitrogens with one attached hydrogen (secondary N) is 1. The van der Waals surface area contributed by atoms with E-state index in [2.05, 4.69) is 20.0 Å². The van der Waals surface area contributed by atoms with Crippen LogP contribution in [-0.2, 0) is 27.4 Å². The molecule has 1 amide bonds. The van der Waals surface area contributed by atoms with E-state index in [1.165, 1.54) is 12.8 Å². The SMILES string of the molecule is COCC(=O)NCCC1CN(Cc2ccco2)Cc2ccnn21.O=C(O)C(F)(F)F. The van der Waals surface area contributed by atoms with E-state index >= 15 is 0 Å². The molecule has 2 aromatic heterocycles. The van der Waals surface area contributed by atoms with E-state index in [4.69, 9.17) is 19.1 Å². The second-order valence-corrected chi connectivity index (χ2v) is 6.54. The molecular formula is C18H23F3N4O5. The van der Waals surface area contributed by atoms with Crippen molar-refractivity contribution in [2.45, 2.75) is 31.7 Å². The Kier molecular flexibility index (Phi) is 8.42. The van der Waals surface area contributed by atoms with Crippen molar-refractivity contribution in [2.24, 2.45) is 0 Å². The average molecular weight is 432 g/mol. The third kappa shape index (κ3) is 7.19. The first kappa shape index (κ1) is 23.4. The third-order valence-electron chi connectivity index (χ3n) is 4.23. The first-order chi connectivity index (χ1) is 14.2. The van der Waals surface area contributed by atoms with Crippen LogP contribution in [0, 0.1) is 0 Å². The topological polar surface area (TPSA) is 110 Å². The molecule has 0 saturated heterocycles. The summed E-state index contributed by atoms with van der Waals surface area (Å²) >= 11 is 0. The van der Waals surface area contributed by atoms with Crippen LogP contribution in [0.1, 0.15) is 23.9 Å². The molecule has 3 heterocycles. The summed E-state index contributed by atoms with van der Waals surface area (Å²) in [5.41, 5.74) is 1.19. The number of aliphatic carboxylic acids is 1. The molecule has 1 aliphatic rings. The molecule has 0 spiro atoms. The molecule has 1 atom stereocenters. The Morgan fingerprint density at radius 3 is 2.73 bits per heavy atom. The lowest BCUT2D eigenvalue weighted by molar-refractivity contribution is -0.192. The fraction of sp³-hybridized carbons (Fsp3) is 0.500. The predicted octanol–water partition coefficient (Wildman–Crippen LogP) is 1.82. The smallest absolute Gasteiger partial charge is 0.475 e. The summed E-state index contributed by atoms with van der Waals surface area (Å²) in [6.45, 7) is 3.23. The van der Waals surface area contributed by atoms with Crippen LogP contribution in [0.4, 0.5) is 13.2 Å². The van der Waals surface area contributed by atoms with Crippen molar-refractivity contribution in [2.75, 3.05) is 26.8 Å². The van der Waals surface area contributed by atoms with Gasteiger partial charge in [-0.3, -0.25) is 14.4 Å². The van der Waals surface area contributed by atoms with Crippen LogP contribution in [-0.4, -0.2) is 64.6 Å². The number of methoxy groups -OCH3 is 1. The first-order valence-corrected chi connectivity index (χ1v) is 9.03. The number of alkyl halides is 3.